The van der Waals surface area contributed by atoms with Gasteiger partial charge >= 0.3 is 0 Å². The molecule has 1 amide bonds. The molecule has 1 saturated heterocycles. The Balaban J connectivity index is 1.30. The van der Waals surface area contributed by atoms with Crippen LogP contribution >= 0.6 is 0 Å². The van der Waals surface area contributed by atoms with E-state index < -0.39 is 0 Å². The fourth-order valence-corrected chi connectivity index (χ4v) is 4.80. The summed E-state index contributed by atoms with van der Waals surface area (Å²) < 4.78 is 0. The lowest BCUT2D eigenvalue weighted by atomic mass is 10.0. The first-order valence-electron chi connectivity index (χ1n) is 11.3. The van der Waals surface area contributed by atoms with E-state index in [2.05, 4.69) is 70.3 Å². The van der Waals surface area contributed by atoms with Gasteiger partial charge in [0.15, 0.2) is 0 Å². The third kappa shape index (κ3) is 4.68. The summed E-state index contributed by atoms with van der Waals surface area (Å²) in [5.41, 5.74) is 3.28. The molecular formula is C25H34N4O. The number of anilines is 1. The molecule has 0 saturated carbocycles. The lowest BCUT2D eigenvalue weighted by Gasteiger charge is -2.41. The first-order valence-corrected chi connectivity index (χ1v) is 11.3. The molecule has 4 rings (SSSR count). The number of nitrogens with zero attached hydrogens (tertiary/aromatic N) is 3. The molecule has 2 aliphatic rings. The smallest absolute Gasteiger partial charge is 0.254 e. The average molecular weight is 407 g/mol. The van der Waals surface area contributed by atoms with E-state index in [1.54, 1.807) is 0 Å². The maximum Gasteiger partial charge on any atom is 0.254 e. The number of hydrogen-bond donors (Lipinski definition) is 1. The number of fused-ring (bicyclic) bond motifs is 1. The maximum absolute atomic E-state index is 12.3. The monoisotopic (exact) mass is 406 g/mol. The van der Waals surface area contributed by atoms with E-state index in [1.165, 1.54) is 12.0 Å². The Hall–Kier alpha value is -2.37. The molecule has 0 aromatic heterocycles. The van der Waals surface area contributed by atoms with Crippen molar-refractivity contribution in [2.24, 2.45) is 0 Å². The van der Waals surface area contributed by atoms with Crippen LogP contribution in [0.25, 0.3) is 0 Å². The minimum atomic E-state index is 0.0315. The SMILES string of the molecule is CCC(Cc1ccccc1)N1CCN(CCN2c3ccccc3C(=O)NC2C)CC1. The molecule has 1 N–H and O–H groups in total. The summed E-state index contributed by atoms with van der Waals surface area (Å²) in [6.07, 6.45) is 2.36. The second-order valence-electron chi connectivity index (χ2n) is 8.49. The number of rotatable bonds is 7. The van der Waals surface area contributed by atoms with Crippen LogP contribution in [0.1, 0.15) is 36.2 Å². The number of carbonyl (C=O) groups is 1. The Bertz CT molecular complexity index is 832. The molecule has 0 bridgehead atoms. The zero-order valence-corrected chi connectivity index (χ0v) is 18.3. The molecule has 0 radical (unpaired) electrons. The Labute approximate surface area is 180 Å². The standard InChI is InChI=1S/C25H34N4O/c1-3-22(19-21-9-5-4-6-10-21)28-16-13-27(14-17-28)15-18-29-20(2)26-25(30)23-11-7-8-12-24(23)29/h4-12,20,22H,3,13-19H2,1-2H3,(H,26,30). The van der Waals surface area contributed by atoms with Gasteiger partial charge in [0, 0.05) is 45.3 Å². The van der Waals surface area contributed by atoms with Gasteiger partial charge in [-0.1, -0.05) is 49.4 Å². The minimum Gasteiger partial charge on any atom is -0.350 e. The quantitative estimate of drug-likeness (QED) is 0.766. The zero-order valence-electron chi connectivity index (χ0n) is 18.3. The number of nitrogens with one attached hydrogen (secondary N) is 1. The van der Waals surface area contributed by atoms with Crippen LogP contribution in [0.4, 0.5) is 5.69 Å². The minimum absolute atomic E-state index is 0.0315. The molecule has 5 nitrogen and oxygen atoms in total. The van der Waals surface area contributed by atoms with Crippen molar-refractivity contribution >= 4 is 11.6 Å². The second kappa shape index (κ2) is 9.63. The average Bonchev–Trinajstić information content (AvgIpc) is 2.78. The molecule has 2 aliphatic heterocycles. The van der Waals surface area contributed by atoms with Crippen LogP contribution in [0.2, 0.25) is 0 Å². The number of amides is 1. The summed E-state index contributed by atoms with van der Waals surface area (Å²) in [4.78, 5) is 19.8. The van der Waals surface area contributed by atoms with Crippen LogP contribution < -0.4 is 10.2 Å². The van der Waals surface area contributed by atoms with Crippen molar-refractivity contribution in [1.82, 2.24) is 15.1 Å². The van der Waals surface area contributed by atoms with Crippen LogP contribution in [0, 0.1) is 0 Å². The summed E-state index contributed by atoms with van der Waals surface area (Å²) in [6, 6.07) is 19.4. The third-order valence-electron chi connectivity index (χ3n) is 6.63. The highest BCUT2D eigenvalue weighted by atomic mass is 16.2. The number of para-hydroxylation sites is 1. The molecular weight excluding hydrogens is 372 g/mol. The highest BCUT2D eigenvalue weighted by molar-refractivity contribution is 6.01. The van der Waals surface area contributed by atoms with E-state index >= 15 is 0 Å². The van der Waals surface area contributed by atoms with Crippen LogP contribution in [0.3, 0.4) is 0 Å². The topological polar surface area (TPSA) is 38.8 Å². The van der Waals surface area contributed by atoms with Gasteiger partial charge in [0.05, 0.1) is 17.4 Å². The lowest BCUT2D eigenvalue weighted by molar-refractivity contribution is 0.0910. The summed E-state index contributed by atoms with van der Waals surface area (Å²) in [7, 11) is 0. The molecule has 2 heterocycles. The van der Waals surface area contributed by atoms with Gasteiger partial charge in [-0.2, -0.15) is 0 Å². The van der Waals surface area contributed by atoms with Gasteiger partial charge in [0.1, 0.15) is 0 Å². The Morgan fingerprint density at radius 3 is 2.40 bits per heavy atom. The number of benzene rings is 2. The summed E-state index contributed by atoms with van der Waals surface area (Å²) in [5.74, 6) is 0.0342. The lowest BCUT2D eigenvalue weighted by Crippen LogP contribution is -2.55. The van der Waals surface area contributed by atoms with Crippen molar-refractivity contribution in [3.05, 3.63) is 65.7 Å². The van der Waals surface area contributed by atoms with Crippen molar-refractivity contribution in [2.75, 3.05) is 44.2 Å². The maximum atomic E-state index is 12.3. The molecule has 5 heteroatoms. The van der Waals surface area contributed by atoms with Crippen molar-refractivity contribution < 1.29 is 4.79 Å². The van der Waals surface area contributed by atoms with Crippen LogP contribution in [0.5, 0.6) is 0 Å². The van der Waals surface area contributed by atoms with Crippen LogP contribution in [0.15, 0.2) is 54.6 Å². The second-order valence-corrected chi connectivity index (χ2v) is 8.49. The third-order valence-corrected chi connectivity index (χ3v) is 6.63. The van der Waals surface area contributed by atoms with Crippen molar-refractivity contribution in [3.8, 4) is 0 Å². The molecule has 2 unspecified atom stereocenters. The van der Waals surface area contributed by atoms with Gasteiger partial charge in [-0.05, 0) is 37.5 Å². The van der Waals surface area contributed by atoms with Gasteiger partial charge in [0.2, 0.25) is 0 Å². The van der Waals surface area contributed by atoms with E-state index in [0.29, 0.717) is 6.04 Å². The normalized spacial score (nSPS) is 21.2. The van der Waals surface area contributed by atoms with Crippen molar-refractivity contribution in [1.29, 1.82) is 0 Å². The van der Waals surface area contributed by atoms with E-state index in [4.69, 9.17) is 0 Å². The van der Waals surface area contributed by atoms with E-state index in [-0.39, 0.29) is 12.1 Å². The van der Waals surface area contributed by atoms with Gasteiger partial charge in [-0.15, -0.1) is 0 Å². The summed E-state index contributed by atoms with van der Waals surface area (Å²) in [5, 5.41) is 3.09. The number of hydrogen-bond acceptors (Lipinski definition) is 4. The summed E-state index contributed by atoms with van der Waals surface area (Å²) in [6.45, 7) is 10.8. The fourth-order valence-electron chi connectivity index (χ4n) is 4.80. The number of piperazine rings is 1. The highest BCUT2D eigenvalue weighted by Gasteiger charge is 2.28. The van der Waals surface area contributed by atoms with Crippen LogP contribution in [-0.4, -0.2) is 67.2 Å². The Morgan fingerprint density at radius 1 is 0.967 bits per heavy atom. The molecule has 30 heavy (non-hydrogen) atoms. The first kappa shape index (κ1) is 20.9. The van der Waals surface area contributed by atoms with E-state index in [1.807, 2.05) is 18.2 Å². The predicted molar refractivity (Wildman–Crippen MR) is 123 cm³/mol. The summed E-state index contributed by atoms with van der Waals surface area (Å²) >= 11 is 0. The van der Waals surface area contributed by atoms with Crippen LogP contribution in [-0.2, 0) is 6.42 Å². The molecule has 0 spiro atoms. The predicted octanol–water partition coefficient (Wildman–Crippen LogP) is 3.22. The number of carbonyl (C=O) groups excluding carboxylic acids is 1. The molecule has 1 fully saturated rings. The van der Waals surface area contributed by atoms with Crippen molar-refractivity contribution in [3.63, 3.8) is 0 Å². The van der Waals surface area contributed by atoms with Gasteiger partial charge in [0.25, 0.3) is 5.91 Å². The highest BCUT2D eigenvalue weighted by Crippen LogP contribution is 2.26. The Morgan fingerprint density at radius 2 is 1.67 bits per heavy atom. The van der Waals surface area contributed by atoms with Crippen molar-refractivity contribution in [2.45, 2.75) is 38.9 Å². The molecule has 0 aliphatic carbocycles. The van der Waals surface area contributed by atoms with Gasteiger partial charge < -0.3 is 10.2 Å². The molecule has 2 aromatic rings. The largest absolute Gasteiger partial charge is 0.350 e. The van der Waals surface area contributed by atoms with E-state index in [9.17, 15) is 4.79 Å². The zero-order chi connectivity index (χ0) is 20.9. The van der Waals surface area contributed by atoms with Gasteiger partial charge in [-0.25, -0.2) is 0 Å². The Kier molecular flexibility index (Phi) is 6.70. The molecule has 2 atom stereocenters. The first-order chi connectivity index (χ1) is 14.7. The molecule has 160 valence electrons. The van der Waals surface area contributed by atoms with E-state index in [0.717, 1.165) is 56.9 Å². The van der Waals surface area contributed by atoms with Gasteiger partial charge in [-0.3, -0.25) is 14.6 Å². The molecule has 2 aromatic carbocycles. The fraction of sp³-hybridized carbons (Fsp3) is 0.480.